The topological polar surface area (TPSA) is 84.2 Å². The van der Waals surface area contributed by atoms with Crippen molar-refractivity contribution in [1.29, 1.82) is 0 Å². The van der Waals surface area contributed by atoms with Crippen molar-refractivity contribution in [3.8, 4) is 17.2 Å². The number of benzene rings is 2. The molecule has 31 heavy (non-hydrogen) atoms. The second-order valence-corrected chi connectivity index (χ2v) is 6.96. The van der Waals surface area contributed by atoms with Crippen LogP contribution in [-0.4, -0.2) is 19.2 Å². The third-order valence-corrected chi connectivity index (χ3v) is 4.20. The molecule has 0 aliphatic heterocycles. The summed E-state index contributed by atoms with van der Waals surface area (Å²) in [4.78, 5) is 24.6. The largest absolute Gasteiger partial charge is 0.493 e. The van der Waals surface area contributed by atoms with Crippen LogP contribution in [0.25, 0.3) is 0 Å². The normalized spacial score (nSPS) is 10.6. The second-order valence-electron chi connectivity index (χ2n) is 6.96. The molecule has 162 valence electrons. The molecule has 0 N–H and O–H groups in total. The average molecular weight is 424 g/mol. The Bertz CT molecular complexity index is 1070. The van der Waals surface area contributed by atoms with Crippen LogP contribution in [-0.2, 0) is 18.0 Å². The van der Waals surface area contributed by atoms with Crippen LogP contribution < -0.4 is 19.6 Å². The fourth-order valence-corrected chi connectivity index (χ4v) is 2.72. The van der Waals surface area contributed by atoms with Crippen molar-refractivity contribution in [3.63, 3.8) is 0 Å². The Balaban J connectivity index is 1.60. The van der Waals surface area contributed by atoms with Crippen molar-refractivity contribution in [2.24, 2.45) is 0 Å². The van der Waals surface area contributed by atoms with Gasteiger partial charge in [-0.1, -0.05) is 30.3 Å². The van der Waals surface area contributed by atoms with Gasteiger partial charge in [-0.25, -0.2) is 4.79 Å². The number of ether oxygens (including phenoxy) is 4. The first-order valence-electron chi connectivity index (χ1n) is 9.76. The highest BCUT2D eigenvalue weighted by Crippen LogP contribution is 2.29. The van der Waals surface area contributed by atoms with E-state index >= 15 is 0 Å². The Morgan fingerprint density at radius 2 is 1.74 bits per heavy atom. The summed E-state index contributed by atoms with van der Waals surface area (Å²) in [6, 6.07) is 15.5. The van der Waals surface area contributed by atoms with Crippen molar-refractivity contribution >= 4 is 5.97 Å². The Labute approximate surface area is 180 Å². The first-order valence-corrected chi connectivity index (χ1v) is 9.76. The summed E-state index contributed by atoms with van der Waals surface area (Å²) in [5.74, 6) is 0.670. The van der Waals surface area contributed by atoms with E-state index in [1.165, 1.54) is 25.5 Å². The fourth-order valence-electron chi connectivity index (χ4n) is 2.72. The van der Waals surface area contributed by atoms with E-state index in [9.17, 15) is 9.59 Å². The van der Waals surface area contributed by atoms with Crippen molar-refractivity contribution in [2.75, 3.05) is 7.11 Å². The van der Waals surface area contributed by atoms with Gasteiger partial charge in [0.1, 0.15) is 25.2 Å². The summed E-state index contributed by atoms with van der Waals surface area (Å²) >= 11 is 0. The molecule has 3 aromatic rings. The van der Waals surface area contributed by atoms with Gasteiger partial charge in [-0.15, -0.1) is 0 Å². The van der Waals surface area contributed by atoms with Crippen molar-refractivity contribution in [1.82, 2.24) is 0 Å². The summed E-state index contributed by atoms with van der Waals surface area (Å²) in [6.07, 6.45) is 1.18. The lowest BCUT2D eigenvalue weighted by Gasteiger charge is -2.14. The molecular formula is C24H24O7. The number of rotatable bonds is 9. The van der Waals surface area contributed by atoms with Gasteiger partial charge in [-0.05, 0) is 37.6 Å². The average Bonchev–Trinajstić information content (AvgIpc) is 2.77. The molecule has 0 spiro atoms. The predicted octanol–water partition coefficient (Wildman–Crippen LogP) is 4.37. The summed E-state index contributed by atoms with van der Waals surface area (Å²) in [7, 11) is 1.49. The molecule has 0 aliphatic rings. The number of carbonyl (C=O) groups excluding carboxylic acids is 1. The molecule has 7 nitrogen and oxygen atoms in total. The molecule has 0 aliphatic carbocycles. The highest BCUT2D eigenvalue weighted by atomic mass is 16.5. The van der Waals surface area contributed by atoms with Gasteiger partial charge in [-0.2, -0.15) is 0 Å². The maximum atomic E-state index is 12.4. The van der Waals surface area contributed by atoms with Crippen LogP contribution in [0.3, 0.4) is 0 Å². The minimum Gasteiger partial charge on any atom is -0.493 e. The third-order valence-electron chi connectivity index (χ3n) is 4.20. The van der Waals surface area contributed by atoms with Gasteiger partial charge in [0.2, 0.25) is 11.2 Å². The summed E-state index contributed by atoms with van der Waals surface area (Å²) in [5.41, 5.74) is 0.864. The summed E-state index contributed by atoms with van der Waals surface area (Å²) in [5, 5.41) is 0. The molecule has 0 unspecified atom stereocenters. The van der Waals surface area contributed by atoms with E-state index in [0.29, 0.717) is 11.5 Å². The van der Waals surface area contributed by atoms with Crippen LogP contribution in [0.4, 0.5) is 0 Å². The molecule has 0 amide bonds. The minimum atomic E-state index is -0.582. The van der Waals surface area contributed by atoms with Crippen LogP contribution in [0, 0.1) is 0 Å². The van der Waals surface area contributed by atoms with E-state index in [4.69, 9.17) is 23.4 Å². The third kappa shape index (κ3) is 6.12. The Kier molecular flexibility index (Phi) is 7.32. The molecule has 3 rings (SSSR count). The van der Waals surface area contributed by atoms with Crippen LogP contribution in [0.1, 0.15) is 35.5 Å². The fraction of sp³-hybridized carbons (Fsp3) is 0.250. The number of hydrogen-bond donors (Lipinski definition) is 0. The van der Waals surface area contributed by atoms with Crippen molar-refractivity contribution in [3.05, 3.63) is 88.0 Å². The van der Waals surface area contributed by atoms with E-state index < -0.39 is 5.97 Å². The SMILES string of the molecule is COc1cc(C(=O)OCc2cc(=O)c(OCc3ccccc3)co2)ccc1OC(C)C. The number of carbonyl (C=O) groups is 1. The number of esters is 1. The van der Waals surface area contributed by atoms with Gasteiger partial charge in [0.05, 0.1) is 18.8 Å². The molecule has 0 bridgehead atoms. The first kappa shape index (κ1) is 22.0. The van der Waals surface area contributed by atoms with Crippen LogP contribution >= 0.6 is 0 Å². The second kappa shape index (κ2) is 10.3. The smallest absolute Gasteiger partial charge is 0.338 e. The van der Waals surface area contributed by atoms with E-state index in [1.54, 1.807) is 12.1 Å². The van der Waals surface area contributed by atoms with Crippen molar-refractivity contribution < 1.29 is 28.2 Å². The molecule has 1 heterocycles. The maximum absolute atomic E-state index is 12.4. The standard InChI is InChI=1S/C24H24O7/c1-16(2)31-21-10-9-18(11-22(21)27-3)24(26)30-14-19-12-20(25)23(15-28-19)29-13-17-7-5-4-6-8-17/h4-12,15-16H,13-14H2,1-3H3. The van der Waals surface area contributed by atoms with Crippen LogP contribution in [0.2, 0.25) is 0 Å². The van der Waals surface area contributed by atoms with Gasteiger partial charge in [-0.3, -0.25) is 4.79 Å². The van der Waals surface area contributed by atoms with Crippen LogP contribution in [0.15, 0.2) is 70.1 Å². The van der Waals surface area contributed by atoms with E-state index in [-0.39, 0.29) is 41.8 Å². The maximum Gasteiger partial charge on any atom is 0.338 e. The molecular weight excluding hydrogens is 400 g/mol. The van der Waals surface area contributed by atoms with Gasteiger partial charge in [0.25, 0.3) is 0 Å². The van der Waals surface area contributed by atoms with Gasteiger partial charge < -0.3 is 23.4 Å². The quantitative estimate of drug-likeness (QED) is 0.472. The summed E-state index contributed by atoms with van der Waals surface area (Å²) in [6.45, 7) is 3.85. The molecule has 0 saturated heterocycles. The predicted molar refractivity (Wildman–Crippen MR) is 114 cm³/mol. The Morgan fingerprint density at radius 1 is 0.968 bits per heavy atom. The van der Waals surface area contributed by atoms with Crippen molar-refractivity contribution in [2.45, 2.75) is 33.2 Å². The molecule has 0 atom stereocenters. The molecule has 7 heteroatoms. The van der Waals surface area contributed by atoms with Gasteiger partial charge >= 0.3 is 5.97 Å². The Hall–Kier alpha value is -3.74. The number of hydrogen-bond acceptors (Lipinski definition) is 7. The minimum absolute atomic E-state index is 0.0331. The zero-order valence-electron chi connectivity index (χ0n) is 17.6. The Morgan fingerprint density at radius 3 is 2.42 bits per heavy atom. The molecule has 2 aromatic carbocycles. The lowest BCUT2D eigenvalue weighted by Crippen LogP contribution is -2.11. The van der Waals surface area contributed by atoms with E-state index in [0.717, 1.165) is 5.56 Å². The van der Waals surface area contributed by atoms with Gasteiger partial charge in [0.15, 0.2) is 11.5 Å². The molecule has 0 radical (unpaired) electrons. The van der Waals surface area contributed by atoms with E-state index in [1.807, 2.05) is 44.2 Å². The first-order chi connectivity index (χ1) is 15.0. The monoisotopic (exact) mass is 424 g/mol. The number of methoxy groups -OCH3 is 1. The molecule has 0 fully saturated rings. The lowest BCUT2D eigenvalue weighted by molar-refractivity contribution is 0.0442. The zero-order valence-corrected chi connectivity index (χ0v) is 17.6. The summed E-state index contributed by atoms with van der Waals surface area (Å²) < 4.78 is 27.0. The van der Waals surface area contributed by atoms with E-state index in [2.05, 4.69) is 0 Å². The lowest BCUT2D eigenvalue weighted by atomic mass is 10.2. The van der Waals surface area contributed by atoms with Crippen LogP contribution in [0.5, 0.6) is 17.2 Å². The highest BCUT2D eigenvalue weighted by Gasteiger charge is 2.14. The zero-order chi connectivity index (χ0) is 22.2. The molecule has 1 aromatic heterocycles. The highest BCUT2D eigenvalue weighted by molar-refractivity contribution is 5.90. The van der Waals surface area contributed by atoms with Gasteiger partial charge in [0, 0.05) is 6.07 Å². The molecule has 0 saturated carbocycles.